The van der Waals surface area contributed by atoms with Gasteiger partial charge in [-0.3, -0.25) is 0 Å². The fraction of sp³-hybridized carbons (Fsp3) is 0.462. The molecular weight excluding hydrogens is 218 g/mol. The van der Waals surface area contributed by atoms with Crippen molar-refractivity contribution in [2.24, 2.45) is 0 Å². The molecule has 4 heteroatoms. The number of carboxylic acid groups (broad SMARTS) is 1. The highest BCUT2D eigenvalue weighted by Gasteiger charge is 2.28. The van der Waals surface area contributed by atoms with Crippen molar-refractivity contribution in [3.05, 3.63) is 35.9 Å². The second-order valence-corrected chi connectivity index (χ2v) is 4.27. The Kier molecular flexibility index (Phi) is 3.98. The maximum atomic E-state index is 10.9. The minimum Gasteiger partial charge on any atom is -0.465 e. The third-order valence-electron chi connectivity index (χ3n) is 3.04. The van der Waals surface area contributed by atoms with Gasteiger partial charge in [0.25, 0.3) is 0 Å². The van der Waals surface area contributed by atoms with Crippen LogP contribution < -0.4 is 0 Å². The summed E-state index contributed by atoms with van der Waals surface area (Å²) in [6, 6.07) is 9.94. The Morgan fingerprint density at radius 1 is 1.41 bits per heavy atom. The molecular formula is C13H17NO3. The predicted octanol–water partition coefficient (Wildman–Crippen LogP) is 2.35. The number of hydrogen-bond acceptors (Lipinski definition) is 2. The van der Waals surface area contributed by atoms with Crippen LogP contribution in [0.4, 0.5) is 4.79 Å². The number of rotatable bonds is 4. The van der Waals surface area contributed by atoms with Crippen LogP contribution in [0, 0.1) is 0 Å². The molecule has 1 saturated heterocycles. The van der Waals surface area contributed by atoms with E-state index in [9.17, 15) is 4.79 Å². The van der Waals surface area contributed by atoms with Gasteiger partial charge in [0.2, 0.25) is 0 Å². The van der Waals surface area contributed by atoms with Crippen LogP contribution in [0.5, 0.6) is 0 Å². The van der Waals surface area contributed by atoms with Gasteiger partial charge in [0.15, 0.2) is 0 Å². The van der Waals surface area contributed by atoms with E-state index in [2.05, 4.69) is 0 Å². The summed E-state index contributed by atoms with van der Waals surface area (Å²) in [5.74, 6) is 0. The topological polar surface area (TPSA) is 49.8 Å². The Balaban J connectivity index is 1.77. The van der Waals surface area contributed by atoms with Crippen molar-refractivity contribution in [2.45, 2.75) is 25.5 Å². The first-order valence-electron chi connectivity index (χ1n) is 5.88. The summed E-state index contributed by atoms with van der Waals surface area (Å²) >= 11 is 0. The van der Waals surface area contributed by atoms with Crippen LogP contribution in [0.15, 0.2) is 30.3 Å². The van der Waals surface area contributed by atoms with Crippen LogP contribution in [0.25, 0.3) is 0 Å². The molecule has 0 saturated carbocycles. The van der Waals surface area contributed by atoms with Crippen molar-refractivity contribution in [1.29, 1.82) is 0 Å². The van der Waals surface area contributed by atoms with Crippen LogP contribution in [0.1, 0.15) is 18.4 Å². The zero-order valence-corrected chi connectivity index (χ0v) is 9.71. The summed E-state index contributed by atoms with van der Waals surface area (Å²) in [7, 11) is 0. The summed E-state index contributed by atoms with van der Waals surface area (Å²) in [5, 5.41) is 8.97. The number of ether oxygens (including phenoxy) is 1. The highest BCUT2D eigenvalue weighted by molar-refractivity contribution is 5.65. The van der Waals surface area contributed by atoms with E-state index in [1.807, 2.05) is 30.3 Å². The molecule has 1 unspecified atom stereocenters. The van der Waals surface area contributed by atoms with E-state index in [-0.39, 0.29) is 6.04 Å². The maximum absolute atomic E-state index is 10.9. The SMILES string of the molecule is O=C(O)N1CCCC1COCc1ccccc1. The van der Waals surface area contributed by atoms with Crippen LogP contribution in [-0.4, -0.2) is 35.3 Å². The molecule has 1 atom stereocenters. The van der Waals surface area contributed by atoms with E-state index < -0.39 is 6.09 Å². The fourth-order valence-electron chi connectivity index (χ4n) is 2.15. The van der Waals surface area contributed by atoms with Gasteiger partial charge in [-0.15, -0.1) is 0 Å². The smallest absolute Gasteiger partial charge is 0.407 e. The van der Waals surface area contributed by atoms with E-state index in [0.717, 1.165) is 18.4 Å². The molecule has 17 heavy (non-hydrogen) atoms. The minimum atomic E-state index is -0.837. The first kappa shape index (κ1) is 11.9. The van der Waals surface area contributed by atoms with Crippen molar-refractivity contribution >= 4 is 6.09 Å². The van der Waals surface area contributed by atoms with Gasteiger partial charge >= 0.3 is 6.09 Å². The normalized spacial score (nSPS) is 19.5. The predicted molar refractivity (Wildman–Crippen MR) is 63.9 cm³/mol. The van der Waals surface area contributed by atoms with Gasteiger partial charge in [-0.25, -0.2) is 4.79 Å². The van der Waals surface area contributed by atoms with Gasteiger partial charge in [0.1, 0.15) is 0 Å². The van der Waals surface area contributed by atoms with Crippen LogP contribution >= 0.6 is 0 Å². The van der Waals surface area contributed by atoms with E-state index in [1.54, 1.807) is 0 Å². The maximum Gasteiger partial charge on any atom is 0.407 e. The van der Waals surface area contributed by atoms with E-state index >= 15 is 0 Å². The molecule has 0 spiro atoms. The molecule has 1 fully saturated rings. The lowest BCUT2D eigenvalue weighted by Gasteiger charge is -2.21. The lowest BCUT2D eigenvalue weighted by Crippen LogP contribution is -2.37. The van der Waals surface area contributed by atoms with Crippen LogP contribution in [-0.2, 0) is 11.3 Å². The van der Waals surface area contributed by atoms with Crippen molar-refractivity contribution in [3.8, 4) is 0 Å². The molecule has 1 aromatic carbocycles. The minimum absolute atomic E-state index is 0.0243. The molecule has 1 aromatic rings. The number of amides is 1. The van der Waals surface area contributed by atoms with Gasteiger partial charge < -0.3 is 14.7 Å². The Labute approximate surface area is 101 Å². The van der Waals surface area contributed by atoms with Crippen molar-refractivity contribution in [3.63, 3.8) is 0 Å². The lowest BCUT2D eigenvalue weighted by atomic mass is 10.2. The van der Waals surface area contributed by atoms with Crippen molar-refractivity contribution in [1.82, 2.24) is 4.90 Å². The van der Waals surface area contributed by atoms with E-state index in [4.69, 9.17) is 9.84 Å². The van der Waals surface area contributed by atoms with Crippen molar-refractivity contribution < 1.29 is 14.6 Å². The summed E-state index contributed by atoms with van der Waals surface area (Å²) in [4.78, 5) is 12.4. The Hall–Kier alpha value is -1.55. The molecule has 4 nitrogen and oxygen atoms in total. The zero-order valence-electron chi connectivity index (χ0n) is 9.71. The van der Waals surface area contributed by atoms with E-state index in [0.29, 0.717) is 19.8 Å². The molecule has 1 aliphatic rings. The Morgan fingerprint density at radius 2 is 2.18 bits per heavy atom. The summed E-state index contributed by atoms with van der Waals surface area (Å²) in [6.45, 7) is 1.67. The van der Waals surface area contributed by atoms with Crippen molar-refractivity contribution in [2.75, 3.05) is 13.2 Å². The van der Waals surface area contributed by atoms with Crippen LogP contribution in [0.2, 0.25) is 0 Å². The Bertz CT molecular complexity index is 366. The number of hydrogen-bond donors (Lipinski definition) is 1. The highest BCUT2D eigenvalue weighted by atomic mass is 16.5. The molecule has 0 bridgehead atoms. The van der Waals surface area contributed by atoms with Gasteiger partial charge in [0.05, 0.1) is 19.3 Å². The first-order chi connectivity index (χ1) is 8.27. The Morgan fingerprint density at radius 3 is 2.88 bits per heavy atom. The molecule has 92 valence electrons. The molecule has 1 N–H and O–H groups in total. The largest absolute Gasteiger partial charge is 0.465 e. The molecule has 0 radical (unpaired) electrons. The average molecular weight is 235 g/mol. The lowest BCUT2D eigenvalue weighted by molar-refractivity contribution is 0.0643. The summed E-state index contributed by atoms with van der Waals surface area (Å²) in [6.07, 6.45) is 1.00. The molecule has 2 rings (SSSR count). The quantitative estimate of drug-likeness (QED) is 0.871. The fourth-order valence-corrected chi connectivity index (χ4v) is 2.15. The van der Waals surface area contributed by atoms with Gasteiger partial charge in [-0.2, -0.15) is 0 Å². The molecule has 0 aromatic heterocycles. The summed E-state index contributed by atoms with van der Waals surface area (Å²) in [5.41, 5.74) is 1.12. The second-order valence-electron chi connectivity index (χ2n) is 4.27. The number of carbonyl (C=O) groups is 1. The molecule has 1 heterocycles. The van der Waals surface area contributed by atoms with Gasteiger partial charge in [-0.1, -0.05) is 30.3 Å². The van der Waals surface area contributed by atoms with E-state index in [1.165, 1.54) is 4.90 Å². The number of likely N-dealkylation sites (tertiary alicyclic amines) is 1. The highest BCUT2D eigenvalue weighted by Crippen LogP contribution is 2.17. The first-order valence-corrected chi connectivity index (χ1v) is 5.88. The number of nitrogens with zero attached hydrogens (tertiary/aromatic N) is 1. The second kappa shape index (κ2) is 5.68. The molecule has 0 aliphatic carbocycles. The van der Waals surface area contributed by atoms with Gasteiger partial charge in [0, 0.05) is 6.54 Å². The van der Waals surface area contributed by atoms with Gasteiger partial charge in [-0.05, 0) is 18.4 Å². The average Bonchev–Trinajstić information content (AvgIpc) is 2.79. The molecule has 1 aliphatic heterocycles. The standard InChI is InChI=1S/C13H17NO3/c15-13(16)14-8-4-7-12(14)10-17-9-11-5-2-1-3-6-11/h1-3,5-6,12H,4,7-10H2,(H,15,16). The third-order valence-corrected chi connectivity index (χ3v) is 3.04. The monoisotopic (exact) mass is 235 g/mol. The third kappa shape index (κ3) is 3.20. The number of benzene rings is 1. The summed E-state index contributed by atoms with van der Waals surface area (Å²) < 4.78 is 5.58. The van der Waals surface area contributed by atoms with Crippen LogP contribution in [0.3, 0.4) is 0 Å². The molecule has 1 amide bonds. The zero-order chi connectivity index (χ0) is 12.1.